The summed E-state index contributed by atoms with van der Waals surface area (Å²) in [7, 11) is 0. The van der Waals surface area contributed by atoms with E-state index in [0.717, 1.165) is 18.4 Å². The maximum absolute atomic E-state index is 12.1. The van der Waals surface area contributed by atoms with E-state index in [1.807, 2.05) is 24.3 Å². The van der Waals surface area contributed by atoms with Gasteiger partial charge in [-0.25, -0.2) is 0 Å². The highest BCUT2D eigenvalue weighted by Crippen LogP contribution is 2.25. The summed E-state index contributed by atoms with van der Waals surface area (Å²) < 4.78 is 0. The van der Waals surface area contributed by atoms with Crippen LogP contribution in [0.5, 0.6) is 0 Å². The Bertz CT molecular complexity index is 413. The van der Waals surface area contributed by atoms with Crippen molar-refractivity contribution in [2.45, 2.75) is 49.9 Å². The molecule has 18 heavy (non-hydrogen) atoms. The lowest BCUT2D eigenvalue weighted by Crippen LogP contribution is -2.37. The number of carbonyl (C=O) groups is 1. The highest BCUT2D eigenvalue weighted by molar-refractivity contribution is 9.09. The average Bonchev–Trinajstić information content (AvgIpc) is 2.75. The maximum Gasteiger partial charge on any atom is 0.251 e. The van der Waals surface area contributed by atoms with Crippen LogP contribution in [-0.4, -0.2) is 16.8 Å². The molecule has 2 unspecified atom stereocenters. The van der Waals surface area contributed by atoms with E-state index >= 15 is 0 Å². The third-order valence-electron chi connectivity index (χ3n) is 3.59. The Morgan fingerprint density at radius 1 is 1.28 bits per heavy atom. The van der Waals surface area contributed by atoms with Gasteiger partial charge in [-0.1, -0.05) is 48.3 Å². The summed E-state index contributed by atoms with van der Waals surface area (Å²) >= 11 is 3.62. The molecule has 2 atom stereocenters. The smallest absolute Gasteiger partial charge is 0.251 e. The van der Waals surface area contributed by atoms with Crippen molar-refractivity contribution < 1.29 is 4.79 Å². The summed E-state index contributed by atoms with van der Waals surface area (Å²) in [6.07, 6.45) is 3.41. The molecule has 0 bridgehead atoms. The summed E-state index contributed by atoms with van der Waals surface area (Å²) in [5, 5.41) is 3.11. The Hall–Kier alpha value is -0.830. The van der Waals surface area contributed by atoms with Crippen LogP contribution in [0.2, 0.25) is 0 Å². The fourth-order valence-corrected chi connectivity index (χ4v) is 3.07. The zero-order valence-electron chi connectivity index (χ0n) is 10.9. The van der Waals surface area contributed by atoms with Gasteiger partial charge in [0.05, 0.1) is 0 Å². The van der Waals surface area contributed by atoms with Crippen LogP contribution in [0.15, 0.2) is 24.3 Å². The van der Waals surface area contributed by atoms with Gasteiger partial charge < -0.3 is 5.32 Å². The van der Waals surface area contributed by atoms with E-state index in [-0.39, 0.29) is 11.9 Å². The molecule has 3 heteroatoms. The quantitative estimate of drug-likeness (QED) is 0.844. The van der Waals surface area contributed by atoms with E-state index in [1.165, 1.54) is 12.0 Å². The van der Waals surface area contributed by atoms with Gasteiger partial charge in [0.2, 0.25) is 0 Å². The molecule has 0 aliphatic heterocycles. The van der Waals surface area contributed by atoms with Crippen molar-refractivity contribution in [1.82, 2.24) is 5.32 Å². The summed E-state index contributed by atoms with van der Waals surface area (Å²) in [5.41, 5.74) is 2.02. The van der Waals surface area contributed by atoms with Crippen LogP contribution in [0.4, 0.5) is 0 Å². The van der Waals surface area contributed by atoms with E-state index in [1.54, 1.807) is 0 Å². The number of hydrogen-bond donors (Lipinski definition) is 1. The molecule has 1 aromatic carbocycles. The highest BCUT2D eigenvalue weighted by Gasteiger charge is 2.26. The second kappa shape index (κ2) is 5.87. The molecule has 2 nitrogen and oxygen atoms in total. The lowest BCUT2D eigenvalue weighted by atomic mass is 10.0. The van der Waals surface area contributed by atoms with Crippen molar-refractivity contribution in [3.63, 3.8) is 0 Å². The summed E-state index contributed by atoms with van der Waals surface area (Å²) in [6.45, 7) is 4.31. The Morgan fingerprint density at radius 3 is 2.44 bits per heavy atom. The third-order valence-corrected chi connectivity index (χ3v) is 4.68. The van der Waals surface area contributed by atoms with E-state index < -0.39 is 0 Å². The number of amides is 1. The van der Waals surface area contributed by atoms with Crippen LogP contribution in [-0.2, 0) is 0 Å². The lowest BCUT2D eigenvalue weighted by Gasteiger charge is -2.16. The van der Waals surface area contributed by atoms with Crippen LogP contribution >= 0.6 is 15.9 Å². The van der Waals surface area contributed by atoms with E-state index in [9.17, 15) is 4.79 Å². The minimum Gasteiger partial charge on any atom is -0.348 e. The summed E-state index contributed by atoms with van der Waals surface area (Å²) in [5.74, 6) is 0.547. The number of nitrogens with one attached hydrogen (secondary N) is 1. The van der Waals surface area contributed by atoms with Crippen molar-refractivity contribution in [2.75, 3.05) is 0 Å². The summed E-state index contributed by atoms with van der Waals surface area (Å²) in [4.78, 5) is 12.5. The van der Waals surface area contributed by atoms with Crippen LogP contribution in [0.1, 0.15) is 54.9 Å². The molecule has 1 saturated carbocycles. The highest BCUT2D eigenvalue weighted by atomic mass is 79.9. The minimum absolute atomic E-state index is 0.0432. The summed E-state index contributed by atoms with van der Waals surface area (Å²) in [6, 6.07) is 8.20. The van der Waals surface area contributed by atoms with Crippen LogP contribution in [0.3, 0.4) is 0 Å². The first-order chi connectivity index (χ1) is 8.58. The van der Waals surface area contributed by atoms with Gasteiger partial charge in [0.25, 0.3) is 5.91 Å². The topological polar surface area (TPSA) is 29.1 Å². The Morgan fingerprint density at radius 2 is 1.94 bits per heavy atom. The van der Waals surface area contributed by atoms with Crippen molar-refractivity contribution in [3.8, 4) is 0 Å². The molecule has 0 saturated heterocycles. The monoisotopic (exact) mass is 309 g/mol. The Balaban J connectivity index is 2.00. The minimum atomic E-state index is 0.0432. The molecule has 1 amide bonds. The predicted molar refractivity (Wildman–Crippen MR) is 78.4 cm³/mol. The molecule has 0 radical (unpaired) electrons. The molecule has 1 aliphatic carbocycles. The molecule has 1 fully saturated rings. The zero-order valence-corrected chi connectivity index (χ0v) is 12.5. The fourth-order valence-electron chi connectivity index (χ4n) is 2.35. The van der Waals surface area contributed by atoms with E-state index in [2.05, 4.69) is 35.1 Å². The van der Waals surface area contributed by atoms with Gasteiger partial charge in [0.15, 0.2) is 0 Å². The van der Waals surface area contributed by atoms with Gasteiger partial charge >= 0.3 is 0 Å². The van der Waals surface area contributed by atoms with Crippen LogP contribution in [0.25, 0.3) is 0 Å². The number of rotatable bonds is 3. The van der Waals surface area contributed by atoms with Gasteiger partial charge in [0, 0.05) is 16.4 Å². The lowest BCUT2D eigenvalue weighted by molar-refractivity contribution is 0.0939. The average molecular weight is 310 g/mol. The molecule has 0 spiro atoms. The second-order valence-electron chi connectivity index (χ2n) is 5.30. The number of hydrogen-bond acceptors (Lipinski definition) is 1. The van der Waals surface area contributed by atoms with Crippen molar-refractivity contribution in [1.29, 1.82) is 0 Å². The van der Waals surface area contributed by atoms with Gasteiger partial charge in [-0.3, -0.25) is 4.79 Å². The number of halogens is 1. The van der Waals surface area contributed by atoms with Crippen molar-refractivity contribution in [2.24, 2.45) is 0 Å². The number of alkyl halides is 1. The fraction of sp³-hybridized carbons (Fsp3) is 0.533. The third kappa shape index (κ3) is 3.14. The van der Waals surface area contributed by atoms with Gasteiger partial charge in [-0.2, -0.15) is 0 Å². The molecular formula is C15H20BrNO. The zero-order chi connectivity index (χ0) is 13.1. The Labute approximate surface area is 117 Å². The van der Waals surface area contributed by atoms with Gasteiger partial charge in [0.1, 0.15) is 0 Å². The first-order valence-electron chi connectivity index (χ1n) is 6.63. The SMILES string of the molecule is CC(C)c1ccc(C(=O)NC2CCCC2Br)cc1. The van der Waals surface area contributed by atoms with Gasteiger partial charge in [-0.15, -0.1) is 0 Å². The predicted octanol–water partition coefficient (Wildman–Crippen LogP) is 3.86. The van der Waals surface area contributed by atoms with Crippen LogP contribution < -0.4 is 5.32 Å². The molecule has 1 aromatic rings. The molecule has 98 valence electrons. The molecular weight excluding hydrogens is 290 g/mol. The molecule has 1 N–H and O–H groups in total. The Kier molecular flexibility index (Phi) is 4.44. The van der Waals surface area contributed by atoms with E-state index in [0.29, 0.717) is 10.7 Å². The normalized spacial score (nSPS) is 23.3. The maximum atomic E-state index is 12.1. The van der Waals surface area contributed by atoms with Crippen molar-refractivity contribution >= 4 is 21.8 Å². The largest absolute Gasteiger partial charge is 0.348 e. The molecule has 0 heterocycles. The van der Waals surface area contributed by atoms with Crippen molar-refractivity contribution in [3.05, 3.63) is 35.4 Å². The van der Waals surface area contributed by atoms with E-state index in [4.69, 9.17) is 0 Å². The number of carbonyl (C=O) groups excluding carboxylic acids is 1. The molecule has 1 aliphatic rings. The first kappa shape index (κ1) is 13.6. The first-order valence-corrected chi connectivity index (χ1v) is 7.54. The second-order valence-corrected chi connectivity index (χ2v) is 6.48. The molecule has 2 rings (SSSR count). The standard InChI is InChI=1S/C15H20BrNO/c1-10(2)11-6-8-12(9-7-11)15(18)17-14-5-3-4-13(14)16/h6-10,13-14H,3-5H2,1-2H3,(H,17,18). The molecule has 0 aromatic heterocycles. The number of benzene rings is 1. The van der Waals surface area contributed by atoms with Gasteiger partial charge in [-0.05, 0) is 36.5 Å². The van der Waals surface area contributed by atoms with Crippen LogP contribution in [0, 0.1) is 0 Å².